The van der Waals surface area contributed by atoms with Crippen LogP contribution in [0.15, 0.2) is 23.1 Å². The Morgan fingerprint density at radius 3 is 2.40 bits per heavy atom. The van der Waals surface area contributed by atoms with E-state index >= 15 is 0 Å². The predicted octanol–water partition coefficient (Wildman–Crippen LogP) is -2.48. The van der Waals surface area contributed by atoms with E-state index in [1.54, 1.807) is 0 Å². The molecule has 0 atom stereocenters. The molecule has 0 saturated carbocycles. The number of methoxy groups -OCH3 is 1. The van der Waals surface area contributed by atoms with Crippen molar-refractivity contribution in [3.05, 3.63) is 18.2 Å². The zero-order valence-corrected chi connectivity index (χ0v) is 15.2. The van der Waals surface area contributed by atoms with E-state index in [0.29, 0.717) is 0 Å². The molecule has 0 heterocycles. The third kappa shape index (κ3) is 6.00. The van der Waals surface area contributed by atoms with Crippen LogP contribution in [0.4, 0.5) is 5.69 Å². The average Bonchev–Trinajstić information content (AvgIpc) is 2.26. The minimum atomic E-state index is -4.63. The van der Waals surface area contributed by atoms with Crippen LogP contribution < -0.4 is 61.4 Å². The second-order valence-electron chi connectivity index (χ2n) is 3.74. The van der Waals surface area contributed by atoms with E-state index in [1.165, 1.54) is 20.1 Å². The minimum absolute atomic E-state index is 0. The number of ether oxygens (including phenoxy) is 1. The zero-order valence-electron chi connectivity index (χ0n) is 11.3. The van der Waals surface area contributed by atoms with Gasteiger partial charge >= 0.3 is 51.4 Å². The molecule has 7 nitrogen and oxygen atoms in total. The van der Waals surface area contributed by atoms with Gasteiger partial charge in [-0.2, -0.15) is 0 Å². The quantitative estimate of drug-likeness (QED) is 0.364. The first-order valence-electron chi connectivity index (χ1n) is 5.17. The maximum atomic E-state index is 11.4. The van der Waals surface area contributed by atoms with Crippen LogP contribution in [0.2, 0.25) is 0 Å². The largest absolute Gasteiger partial charge is 1.00 e. The first kappa shape index (κ1) is 19.7. The monoisotopic (exact) mass is 325 g/mol. The van der Waals surface area contributed by atoms with Gasteiger partial charge in [0.05, 0.1) is 24.1 Å². The standard InChI is InChI=1S/C11H13NO6S.K/c1-7(13)5-11(14)12-9-6-8(19(15,16)17)3-4-10(9)18-2;/h3-4,6H,5H2,1-2H3,(H,12,14)(H,15,16,17);/q;+1/p-1. The minimum Gasteiger partial charge on any atom is -0.744 e. The van der Waals surface area contributed by atoms with E-state index in [1.807, 2.05) is 0 Å². The molecule has 1 amide bonds. The molecule has 0 spiro atoms. The number of ketones is 1. The van der Waals surface area contributed by atoms with Crippen LogP contribution in [0.25, 0.3) is 0 Å². The number of carbonyl (C=O) groups is 2. The van der Waals surface area contributed by atoms with E-state index in [-0.39, 0.29) is 75.0 Å². The number of rotatable bonds is 5. The van der Waals surface area contributed by atoms with Gasteiger partial charge in [-0.1, -0.05) is 0 Å². The van der Waals surface area contributed by atoms with Crippen molar-refractivity contribution < 1.29 is 78.7 Å². The van der Waals surface area contributed by atoms with Crippen LogP contribution in [-0.2, 0) is 19.7 Å². The summed E-state index contributed by atoms with van der Waals surface area (Å²) in [6, 6.07) is 3.30. The molecule has 0 aliphatic carbocycles. The Hall–Kier alpha value is -0.294. The average molecular weight is 325 g/mol. The Labute approximate surface area is 159 Å². The van der Waals surface area contributed by atoms with Crippen molar-refractivity contribution in [2.24, 2.45) is 0 Å². The van der Waals surface area contributed by atoms with Gasteiger partial charge in [-0.3, -0.25) is 9.59 Å². The summed E-state index contributed by atoms with van der Waals surface area (Å²) in [7, 11) is -3.31. The first-order chi connectivity index (χ1) is 8.74. The van der Waals surface area contributed by atoms with Crippen molar-refractivity contribution in [2.75, 3.05) is 12.4 Å². The van der Waals surface area contributed by atoms with E-state index in [4.69, 9.17) is 4.74 Å². The molecule has 0 bridgehead atoms. The molecule has 1 aromatic carbocycles. The number of anilines is 1. The molecule has 0 aliphatic heterocycles. The van der Waals surface area contributed by atoms with Gasteiger partial charge < -0.3 is 14.6 Å². The van der Waals surface area contributed by atoms with E-state index < -0.39 is 20.9 Å². The summed E-state index contributed by atoms with van der Waals surface area (Å²) in [6.45, 7) is 1.25. The Balaban J connectivity index is 0.00000361. The van der Waals surface area contributed by atoms with Gasteiger partial charge in [0.25, 0.3) is 0 Å². The molecule has 1 N–H and O–H groups in total. The van der Waals surface area contributed by atoms with Crippen molar-refractivity contribution in [1.82, 2.24) is 0 Å². The van der Waals surface area contributed by atoms with E-state index in [9.17, 15) is 22.6 Å². The second kappa shape index (κ2) is 8.22. The van der Waals surface area contributed by atoms with E-state index in [0.717, 1.165) is 12.1 Å². The molecule has 0 aromatic heterocycles. The van der Waals surface area contributed by atoms with Crippen LogP contribution in [0.3, 0.4) is 0 Å². The molecule has 9 heteroatoms. The number of nitrogens with one attached hydrogen (secondary N) is 1. The molecule has 0 radical (unpaired) electrons. The van der Waals surface area contributed by atoms with Gasteiger partial charge in [0, 0.05) is 0 Å². The fourth-order valence-electron chi connectivity index (χ4n) is 1.36. The van der Waals surface area contributed by atoms with Gasteiger partial charge in [0.1, 0.15) is 21.7 Å². The van der Waals surface area contributed by atoms with Gasteiger partial charge in [-0.05, 0) is 25.1 Å². The molecular formula is C11H12KNO6S. The van der Waals surface area contributed by atoms with Gasteiger partial charge in [0.15, 0.2) is 0 Å². The van der Waals surface area contributed by atoms with Crippen LogP contribution in [0, 0.1) is 0 Å². The fraction of sp³-hybridized carbons (Fsp3) is 0.273. The van der Waals surface area contributed by atoms with Crippen molar-refractivity contribution in [2.45, 2.75) is 18.2 Å². The smallest absolute Gasteiger partial charge is 0.744 e. The van der Waals surface area contributed by atoms with Crippen LogP contribution in [0.5, 0.6) is 5.75 Å². The molecular weight excluding hydrogens is 313 g/mol. The Morgan fingerprint density at radius 1 is 1.35 bits per heavy atom. The Bertz CT molecular complexity index is 613. The normalized spacial score (nSPS) is 10.3. The van der Waals surface area contributed by atoms with Crippen molar-refractivity contribution in [3.63, 3.8) is 0 Å². The summed E-state index contributed by atoms with van der Waals surface area (Å²) in [5.74, 6) is -0.778. The maximum Gasteiger partial charge on any atom is 1.00 e. The molecule has 0 fully saturated rings. The van der Waals surface area contributed by atoms with Crippen molar-refractivity contribution >= 4 is 27.5 Å². The number of Topliss-reactive ketones (excluding diaryl/α,β-unsaturated/α-hetero) is 1. The first-order valence-corrected chi connectivity index (χ1v) is 6.58. The third-order valence-corrected chi connectivity index (χ3v) is 2.97. The van der Waals surface area contributed by atoms with Crippen molar-refractivity contribution in [3.8, 4) is 5.75 Å². The molecule has 104 valence electrons. The molecule has 0 aliphatic rings. The number of benzene rings is 1. The third-order valence-electron chi connectivity index (χ3n) is 2.14. The second-order valence-corrected chi connectivity index (χ2v) is 5.12. The van der Waals surface area contributed by atoms with Gasteiger partial charge in [-0.25, -0.2) is 8.42 Å². The van der Waals surface area contributed by atoms with Crippen LogP contribution in [-0.4, -0.2) is 31.8 Å². The molecule has 0 unspecified atom stereocenters. The number of carbonyl (C=O) groups excluding carboxylic acids is 2. The maximum absolute atomic E-state index is 11.4. The topological polar surface area (TPSA) is 113 Å². The predicted molar refractivity (Wildman–Crippen MR) is 64.9 cm³/mol. The SMILES string of the molecule is COc1ccc(S(=O)(=O)[O-])cc1NC(=O)CC(C)=O.[K+]. The number of hydrogen-bond acceptors (Lipinski definition) is 6. The van der Waals surface area contributed by atoms with Gasteiger partial charge in [0.2, 0.25) is 5.91 Å². The zero-order chi connectivity index (χ0) is 14.6. The molecule has 0 saturated heterocycles. The summed E-state index contributed by atoms with van der Waals surface area (Å²) in [5, 5.41) is 2.32. The molecule has 1 rings (SSSR count). The van der Waals surface area contributed by atoms with Gasteiger partial charge in [-0.15, -0.1) is 0 Å². The van der Waals surface area contributed by atoms with Crippen molar-refractivity contribution in [1.29, 1.82) is 0 Å². The fourth-order valence-corrected chi connectivity index (χ4v) is 1.86. The number of hydrogen-bond donors (Lipinski definition) is 1. The molecule has 20 heavy (non-hydrogen) atoms. The Morgan fingerprint density at radius 2 is 1.95 bits per heavy atom. The molecule has 1 aromatic rings. The summed E-state index contributed by atoms with van der Waals surface area (Å²) in [5.41, 5.74) is 0.0191. The van der Waals surface area contributed by atoms with Crippen LogP contribution in [0.1, 0.15) is 13.3 Å². The summed E-state index contributed by atoms with van der Waals surface area (Å²) < 4.78 is 37.6. The summed E-state index contributed by atoms with van der Waals surface area (Å²) in [6.07, 6.45) is -0.350. The summed E-state index contributed by atoms with van der Waals surface area (Å²) in [4.78, 5) is 21.7. The number of amides is 1. The van der Waals surface area contributed by atoms with Crippen LogP contribution >= 0.6 is 0 Å². The van der Waals surface area contributed by atoms with E-state index in [2.05, 4.69) is 5.32 Å². The summed E-state index contributed by atoms with van der Waals surface area (Å²) >= 11 is 0. The Kier molecular flexibility index (Phi) is 8.10.